The van der Waals surface area contributed by atoms with Crippen molar-refractivity contribution in [1.82, 2.24) is 20.4 Å². The molecule has 2 aromatic heterocycles. The Morgan fingerprint density at radius 2 is 2.00 bits per heavy atom. The van der Waals surface area contributed by atoms with Crippen LogP contribution in [0.3, 0.4) is 0 Å². The maximum atomic E-state index is 6.68. The van der Waals surface area contributed by atoms with Crippen LogP contribution in [0, 0.1) is 20.8 Å². The molecule has 0 unspecified atom stereocenters. The van der Waals surface area contributed by atoms with Crippen molar-refractivity contribution in [2.45, 2.75) is 52.1 Å². The molecule has 9 heteroatoms. The topological polar surface area (TPSA) is 85.5 Å². The molecule has 0 amide bonds. The molecule has 192 valence electrons. The summed E-state index contributed by atoms with van der Waals surface area (Å²) in [6, 6.07) is 5.65. The Morgan fingerprint density at radius 1 is 1.17 bits per heavy atom. The van der Waals surface area contributed by atoms with Gasteiger partial charge in [0.25, 0.3) is 0 Å². The van der Waals surface area contributed by atoms with Gasteiger partial charge < -0.3 is 24.2 Å². The maximum absolute atomic E-state index is 6.68. The monoisotopic (exact) mass is 511 g/mol. The van der Waals surface area contributed by atoms with Crippen molar-refractivity contribution in [1.29, 1.82) is 0 Å². The van der Waals surface area contributed by atoms with E-state index in [4.69, 9.17) is 35.6 Å². The lowest BCUT2D eigenvalue weighted by Crippen LogP contribution is -2.64. The highest BCUT2D eigenvalue weighted by molar-refractivity contribution is 6.33. The van der Waals surface area contributed by atoms with Crippen molar-refractivity contribution < 1.29 is 14.0 Å². The van der Waals surface area contributed by atoms with E-state index < -0.39 is 0 Å². The quantitative estimate of drug-likeness (QED) is 0.417. The van der Waals surface area contributed by atoms with Crippen LogP contribution in [0.5, 0.6) is 5.75 Å². The minimum atomic E-state index is -0.0578. The van der Waals surface area contributed by atoms with Crippen LogP contribution in [0.15, 0.2) is 22.7 Å². The van der Waals surface area contributed by atoms with E-state index in [1.807, 2.05) is 39.1 Å². The number of halogens is 1. The summed E-state index contributed by atoms with van der Waals surface area (Å²) in [5.41, 5.74) is 4.19. The Kier molecular flexibility index (Phi) is 7.19. The Labute approximate surface area is 217 Å². The fourth-order valence-corrected chi connectivity index (χ4v) is 5.36. The standard InChI is InChI=1S/C27H34ClN5O3/c1-17-24(23-18(2)32-36-19(23)3)30-25(21-14-20(8-9-22(21)28)34-12-7-11-29-4)31-26(17)33-15-27(16-33)10-5-6-13-35-27/h8-9,14,29H,5-7,10-13,15-16H2,1-4H3. The predicted octanol–water partition coefficient (Wildman–Crippen LogP) is 5.12. The number of anilines is 1. The van der Waals surface area contributed by atoms with Gasteiger partial charge in [0, 0.05) is 17.7 Å². The lowest BCUT2D eigenvalue weighted by Gasteiger charge is -2.52. The third-order valence-corrected chi connectivity index (χ3v) is 7.43. The fourth-order valence-electron chi connectivity index (χ4n) is 5.16. The molecule has 1 N–H and O–H groups in total. The molecule has 0 saturated carbocycles. The number of hydrogen-bond acceptors (Lipinski definition) is 8. The van der Waals surface area contributed by atoms with Crippen molar-refractivity contribution in [3.63, 3.8) is 0 Å². The van der Waals surface area contributed by atoms with Gasteiger partial charge in [-0.05, 0) is 78.2 Å². The second-order valence-electron chi connectivity index (χ2n) is 9.84. The van der Waals surface area contributed by atoms with Crippen LogP contribution in [0.4, 0.5) is 5.82 Å². The molecule has 1 aromatic carbocycles. The molecular formula is C27H34ClN5O3. The van der Waals surface area contributed by atoms with Gasteiger partial charge in [0.2, 0.25) is 0 Å². The number of rotatable bonds is 8. The lowest BCUT2D eigenvalue weighted by atomic mass is 9.86. The van der Waals surface area contributed by atoms with Gasteiger partial charge in [-0.15, -0.1) is 0 Å². The lowest BCUT2D eigenvalue weighted by molar-refractivity contribution is -0.0951. The van der Waals surface area contributed by atoms with Crippen molar-refractivity contribution in [3.05, 3.63) is 40.2 Å². The minimum absolute atomic E-state index is 0.0578. The molecule has 2 saturated heterocycles. The first-order valence-corrected chi connectivity index (χ1v) is 13.1. The normalized spacial score (nSPS) is 16.9. The second kappa shape index (κ2) is 10.4. The van der Waals surface area contributed by atoms with Gasteiger partial charge in [0.05, 0.1) is 41.7 Å². The van der Waals surface area contributed by atoms with E-state index >= 15 is 0 Å². The molecule has 0 atom stereocenters. The molecule has 8 nitrogen and oxygen atoms in total. The van der Waals surface area contributed by atoms with Crippen LogP contribution in [-0.2, 0) is 4.74 Å². The van der Waals surface area contributed by atoms with Gasteiger partial charge in [-0.1, -0.05) is 16.8 Å². The summed E-state index contributed by atoms with van der Waals surface area (Å²) in [6.07, 6.45) is 4.36. The third-order valence-electron chi connectivity index (χ3n) is 7.10. The van der Waals surface area contributed by atoms with Crippen LogP contribution in [0.1, 0.15) is 42.7 Å². The third kappa shape index (κ3) is 4.82. The number of aryl methyl sites for hydroxylation is 2. The average Bonchev–Trinajstić information content (AvgIpc) is 3.20. The predicted molar refractivity (Wildman–Crippen MR) is 141 cm³/mol. The van der Waals surface area contributed by atoms with E-state index in [1.54, 1.807) is 0 Å². The van der Waals surface area contributed by atoms with Crippen LogP contribution >= 0.6 is 11.6 Å². The van der Waals surface area contributed by atoms with Crippen LogP contribution in [0.25, 0.3) is 22.6 Å². The van der Waals surface area contributed by atoms with Gasteiger partial charge in [0.1, 0.15) is 22.9 Å². The van der Waals surface area contributed by atoms with E-state index in [1.165, 1.54) is 6.42 Å². The minimum Gasteiger partial charge on any atom is -0.494 e. The summed E-state index contributed by atoms with van der Waals surface area (Å²) in [5.74, 6) is 2.93. The van der Waals surface area contributed by atoms with Crippen molar-refractivity contribution in [3.8, 4) is 28.4 Å². The number of nitrogens with zero attached hydrogens (tertiary/aromatic N) is 4. The van der Waals surface area contributed by atoms with Gasteiger partial charge in [0.15, 0.2) is 5.82 Å². The number of hydrogen-bond donors (Lipinski definition) is 1. The fraction of sp³-hybridized carbons (Fsp3) is 0.519. The summed E-state index contributed by atoms with van der Waals surface area (Å²) in [7, 11) is 1.93. The van der Waals surface area contributed by atoms with Crippen molar-refractivity contribution in [2.24, 2.45) is 0 Å². The van der Waals surface area contributed by atoms with E-state index in [-0.39, 0.29) is 5.60 Å². The SMILES string of the molecule is CNCCCOc1ccc(Cl)c(-c2nc(-c3c(C)noc3C)c(C)c(N3CC4(CCCCO4)C3)n2)c1. The number of ether oxygens (including phenoxy) is 2. The summed E-state index contributed by atoms with van der Waals surface area (Å²) in [6.45, 7) is 9.92. The van der Waals surface area contributed by atoms with Gasteiger partial charge in [-0.3, -0.25) is 0 Å². The molecule has 0 aliphatic carbocycles. The van der Waals surface area contributed by atoms with Crippen molar-refractivity contribution in [2.75, 3.05) is 44.8 Å². The molecule has 2 fully saturated rings. The van der Waals surface area contributed by atoms with E-state index in [9.17, 15) is 0 Å². The number of aromatic nitrogens is 3. The smallest absolute Gasteiger partial charge is 0.163 e. The molecule has 0 radical (unpaired) electrons. The molecule has 3 aromatic rings. The van der Waals surface area contributed by atoms with Crippen LogP contribution in [-0.4, -0.2) is 60.6 Å². The second-order valence-corrected chi connectivity index (χ2v) is 10.2. The Hall–Kier alpha value is -2.68. The van der Waals surface area contributed by atoms with Gasteiger partial charge in [-0.2, -0.15) is 0 Å². The maximum Gasteiger partial charge on any atom is 0.163 e. The molecule has 0 bridgehead atoms. The number of nitrogens with one attached hydrogen (secondary N) is 1. The largest absolute Gasteiger partial charge is 0.494 e. The highest BCUT2D eigenvalue weighted by Gasteiger charge is 2.46. The molecule has 4 heterocycles. The molecule has 2 aliphatic heterocycles. The highest BCUT2D eigenvalue weighted by atomic mass is 35.5. The first kappa shape index (κ1) is 25.0. The van der Waals surface area contributed by atoms with Crippen molar-refractivity contribution >= 4 is 17.4 Å². The van der Waals surface area contributed by atoms with Crippen LogP contribution in [0.2, 0.25) is 5.02 Å². The van der Waals surface area contributed by atoms with Crippen LogP contribution < -0.4 is 15.0 Å². The molecule has 1 spiro atoms. The van der Waals surface area contributed by atoms with Gasteiger partial charge >= 0.3 is 0 Å². The molecule has 36 heavy (non-hydrogen) atoms. The Bertz CT molecular complexity index is 1210. The zero-order valence-corrected chi connectivity index (χ0v) is 22.2. The number of benzene rings is 1. The Balaban J connectivity index is 1.54. The average molecular weight is 512 g/mol. The summed E-state index contributed by atoms with van der Waals surface area (Å²) >= 11 is 6.68. The van der Waals surface area contributed by atoms with E-state index in [0.29, 0.717) is 17.5 Å². The first-order chi connectivity index (χ1) is 17.4. The molecule has 5 rings (SSSR count). The molecule has 2 aliphatic rings. The summed E-state index contributed by atoms with van der Waals surface area (Å²) < 4.78 is 17.6. The zero-order valence-electron chi connectivity index (χ0n) is 21.5. The molecular weight excluding hydrogens is 478 g/mol. The highest BCUT2D eigenvalue weighted by Crippen LogP contribution is 2.41. The summed E-state index contributed by atoms with van der Waals surface area (Å²) in [4.78, 5) is 12.3. The zero-order chi connectivity index (χ0) is 25.3. The van der Waals surface area contributed by atoms with Gasteiger partial charge in [-0.25, -0.2) is 9.97 Å². The summed E-state index contributed by atoms with van der Waals surface area (Å²) in [5, 5.41) is 7.89. The Morgan fingerprint density at radius 3 is 2.69 bits per heavy atom. The van der Waals surface area contributed by atoms with E-state index in [2.05, 4.69) is 22.3 Å². The van der Waals surface area contributed by atoms with E-state index in [0.717, 1.165) is 90.9 Å². The first-order valence-electron chi connectivity index (χ1n) is 12.7.